The van der Waals surface area contributed by atoms with Gasteiger partial charge in [0, 0.05) is 0 Å². The molecule has 0 aliphatic carbocycles. The Hall–Kier alpha value is -2.03. The zero-order valence-electron chi connectivity index (χ0n) is 33.9. The first kappa shape index (κ1) is 44.4. The van der Waals surface area contributed by atoms with Gasteiger partial charge in [-0.2, -0.15) is 15.5 Å². The van der Waals surface area contributed by atoms with Crippen molar-refractivity contribution in [2.45, 2.75) is 154 Å². The molecule has 1 fully saturated rings. The van der Waals surface area contributed by atoms with Crippen LogP contribution in [0.2, 0.25) is 54.4 Å². The van der Waals surface area contributed by atoms with Gasteiger partial charge in [0.2, 0.25) is 0 Å². The van der Waals surface area contributed by atoms with Crippen molar-refractivity contribution in [2.75, 3.05) is 19.8 Å². The molecule has 4 atom stereocenters. The summed E-state index contributed by atoms with van der Waals surface area (Å²) in [5.74, 6) is -0.146. The molecule has 2 aromatic rings. The van der Waals surface area contributed by atoms with Crippen molar-refractivity contribution < 1.29 is 36.2 Å². The highest BCUT2D eigenvalue weighted by Gasteiger charge is 2.55. The van der Waals surface area contributed by atoms with Gasteiger partial charge in [0.05, 0.1) is 51.1 Å². The fourth-order valence-electron chi connectivity index (χ4n) is 4.56. The molecule has 3 heterocycles. The molecule has 0 saturated carbocycles. The molecular weight excluding hydrogens is 736 g/mol. The predicted molar refractivity (Wildman–Crippen MR) is 207 cm³/mol. The molecule has 52 heavy (non-hydrogen) atoms. The molecule has 0 aromatic carbocycles. The summed E-state index contributed by atoms with van der Waals surface area (Å²) in [4.78, 5) is 13.4. The Balaban J connectivity index is 2.17. The van der Waals surface area contributed by atoms with Crippen LogP contribution in [0, 0.1) is 22.7 Å². The molecule has 0 radical (unpaired) electrons. The average Bonchev–Trinajstić information content (AvgIpc) is 3.56. The van der Waals surface area contributed by atoms with E-state index in [-0.39, 0.29) is 52.6 Å². The number of phosphoric acid groups is 1. The number of rotatable bonds is 16. The largest absolute Gasteiger partial charge is 0.531 e. The Morgan fingerprint density at radius 3 is 1.77 bits per heavy atom. The molecule has 0 unspecified atom stereocenters. The maximum Gasteiger partial charge on any atom is 0.531 e. The van der Waals surface area contributed by atoms with E-state index in [1.807, 2.05) is 12.1 Å². The Morgan fingerprint density at radius 1 is 0.788 bits per heavy atom. The normalized spacial score (nSPS) is 20.9. The van der Waals surface area contributed by atoms with E-state index in [0.29, 0.717) is 12.3 Å². The Morgan fingerprint density at radius 2 is 1.29 bits per heavy atom. The third-order valence-electron chi connectivity index (χ3n) is 10.9. The summed E-state index contributed by atoms with van der Waals surface area (Å²) in [5, 5.41) is 17.8. The zero-order chi connectivity index (χ0) is 39.6. The molecule has 3 rings (SSSR count). The van der Waals surface area contributed by atoms with Crippen molar-refractivity contribution >= 4 is 43.9 Å². The molecule has 1 aliphatic rings. The van der Waals surface area contributed by atoms with Crippen LogP contribution >= 0.6 is 7.82 Å². The minimum Gasteiger partial charge on any atom is -0.414 e. The second-order valence-electron chi connectivity index (χ2n) is 17.8. The summed E-state index contributed by atoms with van der Waals surface area (Å²) in [5.41, 5.74) is 0.532. The van der Waals surface area contributed by atoms with E-state index in [9.17, 15) is 4.57 Å². The monoisotopic (exact) mass is 796 g/mol. The molecule has 1 saturated heterocycles. The van der Waals surface area contributed by atoms with Crippen LogP contribution in [-0.4, -0.2) is 82.6 Å². The Labute approximate surface area is 313 Å². The van der Waals surface area contributed by atoms with Crippen LogP contribution in [0.25, 0.3) is 11.2 Å². The molecular formula is C34H61N6O8PSi3. The lowest BCUT2D eigenvalue weighted by atomic mass is 10.1. The maximum atomic E-state index is 13.6. The SMILES string of the molecule is CC(C)(C)[Si](C)(C)OC[C@H]1O[C@@H](n2cnc3c(OP(=O)(OCCC#N)OCCC#N)ncnc32)[C@H](O[Si](C)(C)C(C)(C)C)[C@@H]1O[Si](C)(C)C(C)(C)C. The standard InChI is InChI=1S/C34H61N6O8PSi3/c1-32(2,3)50(10,11)44-22-25-27(47-51(12,13)33(4,5)6)28(48-52(14,15)34(7,8)9)31(45-25)40-24-39-26-29(40)37-23-38-30(26)46-49(41,42-20-16-18-35)43-21-17-19-36/h23-25,27-28,31H,16-17,20-22H2,1-15H3/t25-,27-,28-,31-/m1/s1. The summed E-state index contributed by atoms with van der Waals surface area (Å²) >= 11 is 0. The van der Waals surface area contributed by atoms with Crippen LogP contribution in [0.15, 0.2) is 12.7 Å². The van der Waals surface area contributed by atoms with E-state index in [4.69, 9.17) is 42.1 Å². The third kappa shape index (κ3) is 10.4. The van der Waals surface area contributed by atoms with Gasteiger partial charge in [-0.05, 0) is 54.4 Å². The van der Waals surface area contributed by atoms with Crippen LogP contribution < -0.4 is 4.52 Å². The summed E-state index contributed by atoms with van der Waals surface area (Å²) in [6.07, 6.45) is 0.528. The van der Waals surface area contributed by atoms with E-state index in [0.717, 1.165) is 0 Å². The van der Waals surface area contributed by atoms with E-state index < -0.39 is 57.3 Å². The smallest absolute Gasteiger partial charge is 0.414 e. The van der Waals surface area contributed by atoms with Crippen LogP contribution in [0.3, 0.4) is 0 Å². The van der Waals surface area contributed by atoms with Gasteiger partial charge in [-0.15, -0.1) is 0 Å². The highest BCUT2D eigenvalue weighted by atomic mass is 31.2. The van der Waals surface area contributed by atoms with Crippen molar-refractivity contribution in [3.63, 3.8) is 0 Å². The lowest BCUT2D eigenvalue weighted by Gasteiger charge is -2.44. The summed E-state index contributed by atoms with van der Waals surface area (Å²) in [7, 11) is -11.3. The molecule has 0 N–H and O–H groups in total. The third-order valence-corrected chi connectivity index (χ3v) is 25.7. The fraction of sp³-hybridized carbons (Fsp3) is 0.794. The second kappa shape index (κ2) is 16.4. The molecule has 14 nitrogen and oxygen atoms in total. The van der Waals surface area contributed by atoms with E-state index in [2.05, 4.69) is 117 Å². The van der Waals surface area contributed by atoms with E-state index in [1.54, 1.807) is 10.9 Å². The lowest BCUT2D eigenvalue weighted by Crippen LogP contribution is -2.54. The summed E-state index contributed by atoms with van der Waals surface area (Å²) in [6, 6.07) is 3.86. The summed E-state index contributed by atoms with van der Waals surface area (Å²) < 4.78 is 60.2. The van der Waals surface area contributed by atoms with E-state index >= 15 is 0 Å². The number of imidazole rings is 1. The number of nitriles is 2. The van der Waals surface area contributed by atoms with Gasteiger partial charge in [0.1, 0.15) is 24.6 Å². The minimum absolute atomic E-state index is 0.0121. The predicted octanol–water partition coefficient (Wildman–Crippen LogP) is 8.87. The first-order valence-corrected chi connectivity index (χ1v) is 28.0. The van der Waals surface area contributed by atoms with Gasteiger partial charge < -0.3 is 22.5 Å². The number of fused-ring (bicyclic) bond motifs is 1. The Kier molecular flexibility index (Phi) is 14.0. The maximum absolute atomic E-state index is 13.6. The average molecular weight is 797 g/mol. The number of hydrogen-bond donors (Lipinski definition) is 0. The second-order valence-corrected chi connectivity index (χ2v) is 33.8. The number of ether oxygens (including phenoxy) is 1. The molecule has 292 valence electrons. The molecule has 2 aromatic heterocycles. The van der Waals surface area contributed by atoms with E-state index in [1.165, 1.54) is 6.33 Å². The Bertz CT molecular complexity index is 1630. The van der Waals surface area contributed by atoms with Gasteiger partial charge >= 0.3 is 7.82 Å². The van der Waals surface area contributed by atoms with Crippen molar-refractivity contribution in [3.8, 4) is 18.0 Å². The minimum atomic E-state index is -4.30. The fourth-order valence-corrected chi connectivity index (χ4v) is 9.33. The van der Waals surface area contributed by atoms with Gasteiger partial charge in [-0.25, -0.2) is 14.5 Å². The highest BCUT2D eigenvalue weighted by molar-refractivity contribution is 7.48. The van der Waals surface area contributed by atoms with Gasteiger partial charge in [0.15, 0.2) is 42.3 Å². The van der Waals surface area contributed by atoms with Crippen LogP contribution in [0.1, 0.15) is 81.4 Å². The van der Waals surface area contributed by atoms with Crippen molar-refractivity contribution in [2.24, 2.45) is 0 Å². The van der Waals surface area contributed by atoms with Gasteiger partial charge in [-0.1, -0.05) is 62.3 Å². The first-order valence-electron chi connectivity index (χ1n) is 17.9. The molecule has 0 bridgehead atoms. The van der Waals surface area contributed by atoms with Gasteiger partial charge in [0.25, 0.3) is 5.88 Å². The van der Waals surface area contributed by atoms with Crippen LogP contribution in [-0.2, 0) is 31.6 Å². The van der Waals surface area contributed by atoms with Crippen LogP contribution in [0.4, 0.5) is 0 Å². The topological polar surface area (TPSA) is 173 Å². The lowest BCUT2D eigenvalue weighted by molar-refractivity contribution is -0.0470. The molecule has 0 spiro atoms. The number of aromatic nitrogens is 4. The number of nitrogens with zero attached hydrogens (tertiary/aromatic N) is 6. The highest BCUT2D eigenvalue weighted by Crippen LogP contribution is 2.51. The number of phosphoric ester groups is 1. The number of hydrogen-bond acceptors (Lipinski definition) is 13. The van der Waals surface area contributed by atoms with Crippen LogP contribution in [0.5, 0.6) is 5.88 Å². The molecule has 18 heteroatoms. The molecule has 1 aliphatic heterocycles. The molecule has 0 amide bonds. The van der Waals surface area contributed by atoms with Crippen molar-refractivity contribution in [1.29, 1.82) is 10.5 Å². The van der Waals surface area contributed by atoms with Crippen molar-refractivity contribution in [1.82, 2.24) is 19.5 Å². The van der Waals surface area contributed by atoms with Crippen molar-refractivity contribution in [3.05, 3.63) is 12.7 Å². The first-order chi connectivity index (χ1) is 23.7. The zero-order valence-corrected chi connectivity index (χ0v) is 37.8. The van der Waals surface area contributed by atoms with Gasteiger partial charge in [-0.3, -0.25) is 13.6 Å². The summed E-state index contributed by atoms with van der Waals surface area (Å²) in [6.45, 7) is 33.1. The quantitative estimate of drug-likeness (QED) is 0.0896.